The number of nitrogens with two attached hydrogens (primary N) is 7. The molecule has 0 bridgehead atoms. The van der Waals surface area contributed by atoms with Crippen LogP contribution in [0.5, 0.6) is 0 Å². The van der Waals surface area contributed by atoms with Crippen LogP contribution < -0.4 is 40.1 Å². The van der Waals surface area contributed by atoms with Crippen molar-refractivity contribution in [2.24, 2.45) is 0 Å². The summed E-state index contributed by atoms with van der Waals surface area (Å²) in [4.78, 5) is 0. The molecule has 0 aliphatic carbocycles. The molecule has 9 heteroatoms. The minimum Gasteiger partial charge on any atom is -0.399 e. The van der Waals surface area contributed by atoms with Gasteiger partial charge in [-0.15, -0.1) is 24.8 Å². The Labute approximate surface area is 218 Å². The molecule has 186 valence electrons. The largest absolute Gasteiger partial charge is 0.399 e. The van der Waals surface area contributed by atoms with E-state index in [2.05, 4.69) is 0 Å². The predicted molar refractivity (Wildman–Crippen MR) is 159 cm³/mol. The first-order chi connectivity index (χ1) is 15.6. The van der Waals surface area contributed by atoms with Crippen molar-refractivity contribution in [3.63, 3.8) is 0 Å². The second kappa shape index (κ2) is 12.0. The van der Waals surface area contributed by atoms with E-state index in [1.807, 2.05) is 80.6 Å². The van der Waals surface area contributed by atoms with E-state index in [0.717, 1.165) is 33.4 Å². The van der Waals surface area contributed by atoms with Crippen LogP contribution in [0.3, 0.4) is 0 Å². The molecular formula is C26H33Cl2N7. The summed E-state index contributed by atoms with van der Waals surface area (Å²) in [5.74, 6) is 0. The SMILES string of the molecule is Cc1c(N)cc(-c2ccc(N)cc2)c(N)c1N.Cc1c(N)cc(-c2ccccc2)c(N)c1N.Cl.Cl. The average Bonchev–Trinajstić information content (AvgIpc) is 2.82. The molecule has 0 aromatic heterocycles. The van der Waals surface area contributed by atoms with Gasteiger partial charge in [0.2, 0.25) is 0 Å². The van der Waals surface area contributed by atoms with Gasteiger partial charge in [0.1, 0.15) is 0 Å². The lowest BCUT2D eigenvalue weighted by Crippen LogP contribution is -2.03. The maximum absolute atomic E-state index is 6.01. The lowest BCUT2D eigenvalue weighted by molar-refractivity contribution is 1.46. The summed E-state index contributed by atoms with van der Waals surface area (Å²) in [6.45, 7) is 3.73. The Morgan fingerprint density at radius 3 is 1.23 bits per heavy atom. The Morgan fingerprint density at radius 2 is 0.829 bits per heavy atom. The highest BCUT2D eigenvalue weighted by molar-refractivity contribution is 5.91. The lowest BCUT2D eigenvalue weighted by Gasteiger charge is -2.13. The minimum absolute atomic E-state index is 0. The fourth-order valence-electron chi connectivity index (χ4n) is 3.45. The summed E-state index contributed by atoms with van der Waals surface area (Å²) in [7, 11) is 0. The van der Waals surface area contributed by atoms with E-state index in [0.29, 0.717) is 39.8 Å². The summed E-state index contributed by atoms with van der Waals surface area (Å²) in [5.41, 5.74) is 50.9. The van der Waals surface area contributed by atoms with Crippen LogP contribution in [0.25, 0.3) is 22.3 Å². The van der Waals surface area contributed by atoms with Gasteiger partial charge in [0.25, 0.3) is 0 Å². The summed E-state index contributed by atoms with van der Waals surface area (Å²) in [6, 6.07) is 21.0. The Balaban J connectivity index is 0.000000332. The molecule has 0 unspecified atom stereocenters. The quantitative estimate of drug-likeness (QED) is 0.178. The first kappa shape index (κ1) is 29.1. The van der Waals surface area contributed by atoms with E-state index >= 15 is 0 Å². The van der Waals surface area contributed by atoms with Gasteiger partial charge in [0.05, 0.1) is 22.7 Å². The first-order valence-corrected chi connectivity index (χ1v) is 10.4. The molecule has 4 aromatic carbocycles. The van der Waals surface area contributed by atoms with Gasteiger partial charge in [-0.25, -0.2) is 0 Å². The highest BCUT2D eigenvalue weighted by Gasteiger charge is 2.11. The summed E-state index contributed by atoms with van der Waals surface area (Å²) in [5, 5.41) is 0. The van der Waals surface area contributed by atoms with Crippen molar-refractivity contribution < 1.29 is 0 Å². The van der Waals surface area contributed by atoms with Crippen molar-refractivity contribution in [1.29, 1.82) is 0 Å². The van der Waals surface area contributed by atoms with Crippen molar-refractivity contribution in [3.8, 4) is 22.3 Å². The molecule has 0 saturated carbocycles. The number of hydrogen-bond donors (Lipinski definition) is 7. The van der Waals surface area contributed by atoms with Crippen molar-refractivity contribution in [2.75, 3.05) is 40.1 Å². The summed E-state index contributed by atoms with van der Waals surface area (Å²) < 4.78 is 0. The van der Waals surface area contributed by atoms with Crippen LogP contribution in [0.4, 0.5) is 39.8 Å². The Hall–Kier alpha value is -3.94. The molecule has 35 heavy (non-hydrogen) atoms. The van der Waals surface area contributed by atoms with E-state index in [9.17, 15) is 0 Å². The first-order valence-electron chi connectivity index (χ1n) is 10.4. The number of anilines is 7. The number of nitrogen functional groups attached to an aromatic ring is 7. The fourth-order valence-corrected chi connectivity index (χ4v) is 3.45. The van der Waals surface area contributed by atoms with E-state index < -0.39 is 0 Å². The van der Waals surface area contributed by atoms with Crippen LogP contribution in [-0.2, 0) is 0 Å². The molecule has 4 rings (SSSR count). The normalized spacial score (nSPS) is 9.77. The third-order valence-electron chi connectivity index (χ3n) is 5.74. The Kier molecular flexibility index (Phi) is 9.95. The van der Waals surface area contributed by atoms with Crippen molar-refractivity contribution >= 4 is 64.6 Å². The van der Waals surface area contributed by atoms with Crippen LogP contribution >= 0.6 is 24.8 Å². The maximum Gasteiger partial charge on any atom is 0.0631 e. The molecular weight excluding hydrogens is 481 g/mol. The van der Waals surface area contributed by atoms with Crippen molar-refractivity contribution in [1.82, 2.24) is 0 Å². The molecule has 0 radical (unpaired) electrons. The molecule has 0 heterocycles. The van der Waals surface area contributed by atoms with Gasteiger partial charge in [-0.1, -0.05) is 42.5 Å². The van der Waals surface area contributed by atoms with Gasteiger partial charge >= 0.3 is 0 Å². The molecule has 7 nitrogen and oxygen atoms in total. The van der Waals surface area contributed by atoms with E-state index in [1.54, 1.807) is 0 Å². The molecule has 0 saturated heterocycles. The van der Waals surface area contributed by atoms with Gasteiger partial charge in [0.15, 0.2) is 0 Å². The van der Waals surface area contributed by atoms with Crippen LogP contribution in [0.1, 0.15) is 11.1 Å². The third-order valence-corrected chi connectivity index (χ3v) is 5.74. The maximum atomic E-state index is 6.01. The molecule has 0 fully saturated rings. The lowest BCUT2D eigenvalue weighted by atomic mass is 9.99. The second-order valence-electron chi connectivity index (χ2n) is 7.92. The zero-order chi connectivity index (χ0) is 24.3. The number of rotatable bonds is 2. The highest BCUT2D eigenvalue weighted by Crippen LogP contribution is 2.37. The Bertz CT molecular complexity index is 1290. The van der Waals surface area contributed by atoms with Gasteiger partial charge in [-0.2, -0.15) is 0 Å². The van der Waals surface area contributed by atoms with E-state index in [4.69, 9.17) is 40.1 Å². The van der Waals surface area contributed by atoms with Gasteiger partial charge in [-0.3, -0.25) is 0 Å². The molecule has 0 spiro atoms. The third kappa shape index (κ3) is 6.15. The summed E-state index contributed by atoms with van der Waals surface area (Å²) >= 11 is 0. The zero-order valence-corrected chi connectivity index (χ0v) is 21.3. The predicted octanol–water partition coefficient (Wildman–Crippen LogP) is 5.24. The molecule has 0 aliphatic heterocycles. The number of hydrogen-bond acceptors (Lipinski definition) is 7. The van der Waals surface area contributed by atoms with E-state index in [1.165, 1.54) is 0 Å². The smallest absolute Gasteiger partial charge is 0.0631 e. The molecule has 0 aliphatic rings. The number of benzene rings is 4. The molecule has 4 aromatic rings. The molecule has 14 N–H and O–H groups in total. The fraction of sp³-hybridized carbons (Fsp3) is 0.0769. The average molecular weight is 515 g/mol. The molecule has 0 atom stereocenters. The minimum atomic E-state index is 0. The number of halogens is 2. The van der Waals surface area contributed by atoms with Gasteiger partial charge < -0.3 is 40.1 Å². The van der Waals surface area contributed by atoms with Crippen LogP contribution in [0, 0.1) is 13.8 Å². The zero-order valence-electron chi connectivity index (χ0n) is 19.7. The van der Waals surface area contributed by atoms with E-state index in [-0.39, 0.29) is 24.8 Å². The van der Waals surface area contributed by atoms with Gasteiger partial charge in [0, 0.05) is 28.2 Å². The van der Waals surface area contributed by atoms with Gasteiger partial charge in [-0.05, 0) is 60.4 Å². The standard InChI is InChI=1S/C13H16N4.C13H15N3.2ClH/c1-7-11(15)6-10(13(17)12(7)16)8-2-4-9(14)5-3-8;1-8-11(14)7-10(13(16)12(8)15)9-5-3-2-4-6-9;;/h2-6H,14-17H2,1H3;2-7H,14-16H2,1H3;2*1H. The summed E-state index contributed by atoms with van der Waals surface area (Å²) in [6.07, 6.45) is 0. The van der Waals surface area contributed by atoms with Crippen LogP contribution in [0.2, 0.25) is 0 Å². The van der Waals surface area contributed by atoms with Crippen LogP contribution in [0.15, 0.2) is 66.7 Å². The van der Waals surface area contributed by atoms with Crippen molar-refractivity contribution in [3.05, 3.63) is 77.9 Å². The molecule has 0 amide bonds. The van der Waals surface area contributed by atoms with Crippen LogP contribution in [-0.4, -0.2) is 0 Å². The van der Waals surface area contributed by atoms with Crippen molar-refractivity contribution in [2.45, 2.75) is 13.8 Å². The highest BCUT2D eigenvalue weighted by atomic mass is 35.5. The topological polar surface area (TPSA) is 182 Å². The Morgan fingerprint density at radius 1 is 0.457 bits per heavy atom. The monoisotopic (exact) mass is 513 g/mol. The second-order valence-corrected chi connectivity index (χ2v) is 7.92.